The molecule has 3 aromatic rings. The smallest absolute Gasteiger partial charge is 0.265 e. The Morgan fingerprint density at radius 3 is 2.46 bits per heavy atom. The first-order valence-electron chi connectivity index (χ1n) is 11.6. The number of likely N-dealkylation sites (N-methyl/N-ethyl adjacent to an activating group) is 1. The van der Waals surface area contributed by atoms with Crippen molar-refractivity contribution in [3.05, 3.63) is 99.4 Å². The number of anilines is 1. The van der Waals surface area contributed by atoms with E-state index >= 15 is 0 Å². The molecule has 0 aromatic heterocycles. The standard InChI is InChI=1S/C28H26ClN3O2S/c1-30-13-15-31(16-14-30)27(33)22-11-9-20(10-12-22)18-26-28(34)32(19-21-5-4-6-23(29)17-21)24-7-2-3-8-25(24)35-26/h2-12,17-18H,13-16,19H2,1H3/b26-18+. The Kier molecular flexibility index (Phi) is 6.95. The number of halogens is 1. The fourth-order valence-corrected chi connectivity index (χ4v) is 5.57. The molecule has 35 heavy (non-hydrogen) atoms. The van der Waals surface area contributed by atoms with Gasteiger partial charge in [0.05, 0.1) is 17.1 Å². The molecule has 5 nitrogen and oxygen atoms in total. The Morgan fingerprint density at radius 1 is 0.971 bits per heavy atom. The first-order valence-corrected chi connectivity index (χ1v) is 12.8. The Labute approximate surface area is 215 Å². The van der Waals surface area contributed by atoms with Gasteiger partial charge in [0.15, 0.2) is 0 Å². The molecule has 0 aliphatic carbocycles. The van der Waals surface area contributed by atoms with Crippen molar-refractivity contribution >= 4 is 46.9 Å². The number of fused-ring (bicyclic) bond motifs is 1. The van der Waals surface area contributed by atoms with Crippen LogP contribution in [0.25, 0.3) is 6.08 Å². The molecule has 1 fully saturated rings. The molecule has 2 aliphatic heterocycles. The molecule has 0 N–H and O–H groups in total. The Bertz CT molecular complexity index is 1280. The lowest BCUT2D eigenvalue weighted by Gasteiger charge is -2.32. The number of para-hydroxylation sites is 1. The maximum Gasteiger partial charge on any atom is 0.265 e. The van der Waals surface area contributed by atoms with E-state index in [9.17, 15) is 9.59 Å². The third-order valence-electron chi connectivity index (χ3n) is 6.31. The van der Waals surface area contributed by atoms with Gasteiger partial charge in [-0.05, 0) is 60.6 Å². The quantitative estimate of drug-likeness (QED) is 0.447. The highest BCUT2D eigenvalue weighted by atomic mass is 35.5. The lowest BCUT2D eigenvalue weighted by atomic mass is 10.1. The van der Waals surface area contributed by atoms with Crippen molar-refractivity contribution in [1.29, 1.82) is 0 Å². The summed E-state index contributed by atoms with van der Waals surface area (Å²) in [6.07, 6.45) is 1.90. The number of rotatable bonds is 4. The van der Waals surface area contributed by atoms with Crippen LogP contribution < -0.4 is 4.90 Å². The number of amides is 2. The molecule has 0 atom stereocenters. The van der Waals surface area contributed by atoms with Crippen molar-refractivity contribution in [2.75, 3.05) is 38.1 Å². The third-order valence-corrected chi connectivity index (χ3v) is 7.62. The number of thioether (sulfide) groups is 1. The molecule has 2 heterocycles. The maximum atomic E-state index is 13.5. The van der Waals surface area contributed by atoms with Crippen molar-refractivity contribution in [2.24, 2.45) is 0 Å². The second-order valence-corrected chi connectivity index (χ2v) is 10.3. The van der Waals surface area contributed by atoms with Crippen LogP contribution >= 0.6 is 23.4 Å². The van der Waals surface area contributed by atoms with E-state index in [0.717, 1.165) is 47.9 Å². The molecule has 3 aromatic carbocycles. The van der Waals surface area contributed by atoms with Gasteiger partial charge in [-0.1, -0.05) is 59.8 Å². The van der Waals surface area contributed by atoms with E-state index in [1.54, 1.807) is 4.90 Å². The summed E-state index contributed by atoms with van der Waals surface area (Å²) in [5, 5.41) is 0.650. The fourth-order valence-electron chi connectivity index (χ4n) is 4.30. The number of hydrogen-bond donors (Lipinski definition) is 0. The molecule has 0 radical (unpaired) electrons. The van der Waals surface area contributed by atoms with E-state index in [1.807, 2.05) is 83.8 Å². The van der Waals surface area contributed by atoms with Gasteiger partial charge in [-0.2, -0.15) is 0 Å². The van der Waals surface area contributed by atoms with E-state index < -0.39 is 0 Å². The summed E-state index contributed by atoms with van der Waals surface area (Å²) in [7, 11) is 2.07. The van der Waals surface area contributed by atoms with Crippen LogP contribution in [0.5, 0.6) is 0 Å². The zero-order valence-corrected chi connectivity index (χ0v) is 21.1. The molecule has 5 rings (SSSR count). The van der Waals surface area contributed by atoms with Crippen LogP contribution in [0, 0.1) is 0 Å². The Hall–Kier alpha value is -3.06. The van der Waals surface area contributed by atoms with E-state index in [2.05, 4.69) is 11.9 Å². The highest BCUT2D eigenvalue weighted by Gasteiger charge is 2.29. The van der Waals surface area contributed by atoms with Crippen molar-refractivity contribution in [2.45, 2.75) is 11.4 Å². The van der Waals surface area contributed by atoms with Gasteiger partial charge >= 0.3 is 0 Å². The van der Waals surface area contributed by atoms with E-state index in [1.165, 1.54) is 11.8 Å². The van der Waals surface area contributed by atoms with Crippen molar-refractivity contribution in [3.8, 4) is 0 Å². The molecule has 0 spiro atoms. The predicted molar refractivity (Wildman–Crippen MR) is 143 cm³/mol. The second kappa shape index (κ2) is 10.3. The van der Waals surface area contributed by atoms with Crippen LogP contribution in [-0.2, 0) is 11.3 Å². The minimum Gasteiger partial charge on any atom is -0.336 e. The third kappa shape index (κ3) is 5.30. The topological polar surface area (TPSA) is 43.9 Å². The summed E-state index contributed by atoms with van der Waals surface area (Å²) in [5.41, 5.74) is 3.43. The molecule has 178 valence electrons. The highest BCUT2D eigenvalue weighted by molar-refractivity contribution is 8.04. The summed E-state index contributed by atoms with van der Waals surface area (Å²) in [6.45, 7) is 3.71. The SMILES string of the molecule is CN1CCN(C(=O)c2ccc(/C=C3/Sc4ccccc4N(Cc4cccc(Cl)c4)C3=O)cc2)CC1. The number of hydrogen-bond acceptors (Lipinski definition) is 4. The van der Waals surface area contributed by atoms with Gasteiger partial charge in [0.1, 0.15) is 0 Å². The van der Waals surface area contributed by atoms with Gasteiger partial charge < -0.3 is 14.7 Å². The van der Waals surface area contributed by atoms with Gasteiger partial charge in [-0.3, -0.25) is 9.59 Å². The van der Waals surface area contributed by atoms with Crippen LogP contribution in [0.15, 0.2) is 82.6 Å². The molecular formula is C28H26ClN3O2S. The summed E-state index contributed by atoms with van der Waals surface area (Å²) in [6, 6.07) is 23.0. The molecule has 0 saturated carbocycles. The molecule has 7 heteroatoms. The van der Waals surface area contributed by atoms with Crippen molar-refractivity contribution in [3.63, 3.8) is 0 Å². The average molecular weight is 504 g/mol. The minimum atomic E-state index is -0.0498. The summed E-state index contributed by atoms with van der Waals surface area (Å²) < 4.78 is 0. The monoisotopic (exact) mass is 503 g/mol. The van der Waals surface area contributed by atoms with Gasteiger partial charge in [0.25, 0.3) is 11.8 Å². The Balaban J connectivity index is 1.38. The molecule has 0 bridgehead atoms. The lowest BCUT2D eigenvalue weighted by molar-refractivity contribution is -0.114. The summed E-state index contributed by atoms with van der Waals surface area (Å²) in [5.74, 6) is 0.00769. The predicted octanol–water partition coefficient (Wildman–Crippen LogP) is 5.41. The van der Waals surface area contributed by atoms with Gasteiger partial charge in [-0.25, -0.2) is 0 Å². The van der Waals surface area contributed by atoms with E-state index in [-0.39, 0.29) is 11.8 Å². The maximum absolute atomic E-state index is 13.5. The highest BCUT2D eigenvalue weighted by Crippen LogP contribution is 2.42. The van der Waals surface area contributed by atoms with Crippen LogP contribution in [0.1, 0.15) is 21.5 Å². The molecular weight excluding hydrogens is 478 g/mol. The van der Waals surface area contributed by atoms with Gasteiger partial charge in [0.2, 0.25) is 0 Å². The first-order chi connectivity index (χ1) is 17.0. The Morgan fingerprint density at radius 2 is 1.71 bits per heavy atom. The summed E-state index contributed by atoms with van der Waals surface area (Å²) >= 11 is 7.65. The summed E-state index contributed by atoms with van der Waals surface area (Å²) in [4.78, 5) is 34.0. The lowest BCUT2D eigenvalue weighted by Crippen LogP contribution is -2.47. The number of carbonyl (C=O) groups excluding carboxylic acids is 2. The minimum absolute atomic E-state index is 0.0498. The molecule has 0 unspecified atom stereocenters. The number of piperazine rings is 1. The van der Waals surface area contributed by atoms with Crippen LogP contribution in [0.4, 0.5) is 5.69 Å². The molecule has 2 aliphatic rings. The largest absolute Gasteiger partial charge is 0.336 e. The van der Waals surface area contributed by atoms with Gasteiger partial charge in [-0.15, -0.1) is 0 Å². The second-order valence-electron chi connectivity index (χ2n) is 8.82. The zero-order chi connectivity index (χ0) is 24.4. The fraction of sp³-hybridized carbons (Fsp3) is 0.214. The number of nitrogens with zero attached hydrogens (tertiary/aromatic N) is 3. The van der Waals surface area contributed by atoms with Gasteiger partial charge in [0, 0.05) is 41.7 Å². The van der Waals surface area contributed by atoms with Crippen molar-refractivity contribution in [1.82, 2.24) is 9.80 Å². The average Bonchev–Trinajstić information content (AvgIpc) is 2.87. The number of carbonyl (C=O) groups is 2. The van der Waals surface area contributed by atoms with Crippen LogP contribution in [0.3, 0.4) is 0 Å². The molecule has 1 saturated heterocycles. The normalized spacial score (nSPS) is 17.5. The molecule has 2 amide bonds. The van der Waals surface area contributed by atoms with E-state index in [4.69, 9.17) is 11.6 Å². The van der Waals surface area contributed by atoms with E-state index in [0.29, 0.717) is 22.0 Å². The van der Waals surface area contributed by atoms with Crippen LogP contribution in [0.2, 0.25) is 5.02 Å². The van der Waals surface area contributed by atoms with Crippen LogP contribution in [-0.4, -0.2) is 54.8 Å². The van der Waals surface area contributed by atoms with Crippen molar-refractivity contribution < 1.29 is 9.59 Å². The number of benzene rings is 3. The zero-order valence-electron chi connectivity index (χ0n) is 19.5. The first kappa shape index (κ1) is 23.7.